The van der Waals surface area contributed by atoms with Crippen molar-refractivity contribution in [2.75, 3.05) is 0 Å². The van der Waals surface area contributed by atoms with E-state index in [1.165, 1.54) is 11.6 Å². The highest BCUT2D eigenvalue weighted by Gasteiger charge is 2.16. The number of hydrogen-bond acceptors (Lipinski definition) is 1. The minimum Gasteiger partial charge on any atom is -0.247 e. The van der Waals surface area contributed by atoms with Crippen LogP contribution < -0.4 is 0 Å². The summed E-state index contributed by atoms with van der Waals surface area (Å²) >= 11 is 0. The molecule has 1 nitrogen and oxygen atoms in total. The molecule has 4 aromatic rings. The average Bonchev–Trinajstić information content (AvgIpc) is 2.60. The highest BCUT2D eigenvalue weighted by Crippen LogP contribution is 2.34. The number of nitrogens with zero attached hydrogens (tertiary/aromatic N) is 1. The van der Waals surface area contributed by atoms with Crippen molar-refractivity contribution in [3.05, 3.63) is 78.1 Å². The molecule has 0 bridgehead atoms. The molecule has 0 unspecified atom stereocenters. The number of fused-ring (bicyclic) bond motifs is 3. The van der Waals surface area contributed by atoms with E-state index in [1.807, 2.05) is 36.4 Å². The molecule has 0 fully saturated rings. The van der Waals surface area contributed by atoms with E-state index in [0.29, 0.717) is 0 Å². The van der Waals surface area contributed by atoms with Crippen molar-refractivity contribution < 1.29 is 4.39 Å². The van der Waals surface area contributed by atoms with E-state index in [9.17, 15) is 4.39 Å². The lowest BCUT2D eigenvalue weighted by Crippen LogP contribution is -2.10. The van der Waals surface area contributed by atoms with Crippen LogP contribution in [0.5, 0.6) is 0 Å². The van der Waals surface area contributed by atoms with Crippen LogP contribution in [0.25, 0.3) is 32.9 Å². The fraction of sp³-hybridized carbons (Fsp3) is 0.174. The Balaban J connectivity index is 2.12. The van der Waals surface area contributed by atoms with Crippen LogP contribution in [-0.2, 0) is 5.41 Å². The van der Waals surface area contributed by atoms with Gasteiger partial charge >= 0.3 is 0 Å². The smallest absolute Gasteiger partial charge is 0.123 e. The summed E-state index contributed by atoms with van der Waals surface area (Å²) in [6.45, 7) is 6.56. The van der Waals surface area contributed by atoms with Crippen molar-refractivity contribution in [2.45, 2.75) is 26.2 Å². The van der Waals surface area contributed by atoms with Crippen LogP contribution in [0.1, 0.15) is 26.3 Å². The van der Waals surface area contributed by atoms with Crippen LogP contribution in [-0.4, -0.2) is 4.98 Å². The fourth-order valence-electron chi connectivity index (χ4n) is 3.26. The zero-order valence-corrected chi connectivity index (χ0v) is 14.7. The number of rotatable bonds is 1. The first-order valence-corrected chi connectivity index (χ1v) is 8.52. The Morgan fingerprint density at radius 1 is 0.760 bits per heavy atom. The summed E-state index contributed by atoms with van der Waals surface area (Å²) in [4.78, 5) is 4.95. The maximum atomic E-state index is 13.9. The largest absolute Gasteiger partial charge is 0.247 e. The van der Waals surface area contributed by atoms with Crippen LogP contribution in [0.15, 0.2) is 66.7 Å². The number of hydrogen-bond donors (Lipinski definition) is 0. The molecule has 0 radical (unpaired) electrons. The van der Waals surface area contributed by atoms with E-state index in [2.05, 4.69) is 39.0 Å². The Morgan fingerprint density at radius 3 is 2.20 bits per heavy atom. The minimum absolute atomic E-state index is 0.0413. The van der Waals surface area contributed by atoms with Crippen LogP contribution >= 0.6 is 0 Å². The van der Waals surface area contributed by atoms with Crippen molar-refractivity contribution in [1.82, 2.24) is 4.98 Å². The van der Waals surface area contributed by atoms with Gasteiger partial charge in [-0.2, -0.15) is 0 Å². The molecule has 1 aromatic heterocycles. The van der Waals surface area contributed by atoms with Gasteiger partial charge in [0, 0.05) is 16.3 Å². The molecule has 0 spiro atoms. The molecule has 0 atom stereocenters. The van der Waals surface area contributed by atoms with E-state index in [-0.39, 0.29) is 11.2 Å². The highest BCUT2D eigenvalue weighted by molar-refractivity contribution is 6.11. The molecular weight excluding hydrogens is 309 g/mol. The van der Waals surface area contributed by atoms with Gasteiger partial charge in [0.1, 0.15) is 5.82 Å². The average molecular weight is 329 g/mol. The summed E-state index contributed by atoms with van der Waals surface area (Å²) in [5.74, 6) is -0.223. The van der Waals surface area contributed by atoms with Crippen molar-refractivity contribution in [3.8, 4) is 11.3 Å². The third-order valence-electron chi connectivity index (χ3n) is 4.67. The molecule has 124 valence electrons. The molecular formula is C23H20FN. The molecule has 0 saturated heterocycles. The summed E-state index contributed by atoms with van der Waals surface area (Å²) in [5.41, 5.74) is 4.11. The van der Waals surface area contributed by atoms with Gasteiger partial charge in [-0.25, -0.2) is 9.37 Å². The Kier molecular flexibility index (Phi) is 3.57. The summed E-state index contributed by atoms with van der Waals surface area (Å²) < 4.78 is 13.9. The van der Waals surface area contributed by atoms with E-state index >= 15 is 0 Å². The normalized spacial score (nSPS) is 12.0. The SMILES string of the molecule is CC(C)(C)c1ccc2c(c1)nc(-c1ccccc1)c1ccc(F)cc12. The second kappa shape index (κ2) is 5.66. The van der Waals surface area contributed by atoms with E-state index < -0.39 is 0 Å². The van der Waals surface area contributed by atoms with Crippen molar-refractivity contribution in [2.24, 2.45) is 0 Å². The molecule has 0 saturated carbocycles. The van der Waals surface area contributed by atoms with Gasteiger partial charge in [-0.05, 0) is 40.6 Å². The van der Waals surface area contributed by atoms with Crippen LogP contribution in [0.4, 0.5) is 4.39 Å². The highest BCUT2D eigenvalue weighted by atomic mass is 19.1. The molecule has 3 aromatic carbocycles. The first kappa shape index (κ1) is 15.8. The topological polar surface area (TPSA) is 12.9 Å². The summed E-state index contributed by atoms with van der Waals surface area (Å²) in [5, 5.41) is 2.87. The lowest BCUT2D eigenvalue weighted by Gasteiger charge is -2.20. The van der Waals surface area contributed by atoms with Gasteiger partial charge in [-0.1, -0.05) is 63.2 Å². The maximum Gasteiger partial charge on any atom is 0.123 e. The van der Waals surface area contributed by atoms with Crippen molar-refractivity contribution in [1.29, 1.82) is 0 Å². The van der Waals surface area contributed by atoms with Gasteiger partial charge < -0.3 is 0 Å². The quantitative estimate of drug-likeness (QED) is 0.364. The third kappa shape index (κ3) is 2.78. The molecule has 25 heavy (non-hydrogen) atoms. The zero-order valence-electron chi connectivity index (χ0n) is 14.7. The molecule has 4 rings (SSSR count). The molecule has 0 N–H and O–H groups in total. The monoisotopic (exact) mass is 329 g/mol. The number of aromatic nitrogens is 1. The lowest BCUT2D eigenvalue weighted by molar-refractivity contribution is 0.591. The lowest BCUT2D eigenvalue weighted by atomic mass is 9.86. The molecule has 2 heteroatoms. The standard InChI is InChI=1S/C23H20FN/c1-23(2,3)16-9-11-18-20-14-17(24)10-12-19(20)22(25-21(18)13-16)15-7-5-4-6-8-15/h4-14H,1-3H3. The van der Waals surface area contributed by atoms with Gasteiger partial charge in [-0.15, -0.1) is 0 Å². The predicted octanol–water partition coefficient (Wildman–Crippen LogP) is 6.49. The molecule has 1 heterocycles. The zero-order chi connectivity index (χ0) is 17.6. The van der Waals surface area contributed by atoms with Crippen molar-refractivity contribution in [3.63, 3.8) is 0 Å². The minimum atomic E-state index is -0.223. The predicted molar refractivity (Wildman–Crippen MR) is 103 cm³/mol. The number of halogens is 1. The van der Waals surface area contributed by atoms with Gasteiger partial charge in [0.25, 0.3) is 0 Å². The van der Waals surface area contributed by atoms with Gasteiger partial charge in [-0.3, -0.25) is 0 Å². The Labute approximate surface area is 147 Å². The molecule has 0 aliphatic rings. The third-order valence-corrected chi connectivity index (χ3v) is 4.67. The van der Waals surface area contributed by atoms with Gasteiger partial charge in [0.2, 0.25) is 0 Å². The second-order valence-corrected chi connectivity index (χ2v) is 7.50. The summed E-state index contributed by atoms with van der Waals surface area (Å²) in [6.07, 6.45) is 0. The number of benzene rings is 3. The Morgan fingerprint density at radius 2 is 1.48 bits per heavy atom. The Bertz CT molecular complexity index is 1080. The Hall–Kier alpha value is -2.74. The van der Waals surface area contributed by atoms with Gasteiger partial charge in [0.05, 0.1) is 11.2 Å². The molecule has 0 aliphatic heterocycles. The van der Waals surface area contributed by atoms with Gasteiger partial charge in [0.15, 0.2) is 0 Å². The van der Waals surface area contributed by atoms with E-state index in [0.717, 1.165) is 32.9 Å². The van der Waals surface area contributed by atoms with E-state index in [1.54, 1.807) is 6.07 Å². The molecule has 0 amide bonds. The fourth-order valence-corrected chi connectivity index (χ4v) is 3.26. The van der Waals surface area contributed by atoms with Crippen LogP contribution in [0.3, 0.4) is 0 Å². The second-order valence-electron chi connectivity index (χ2n) is 7.50. The van der Waals surface area contributed by atoms with Crippen LogP contribution in [0, 0.1) is 5.82 Å². The summed E-state index contributed by atoms with van der Waals surface area (Å²) in [6, 6.07) is 21.4. The first-order valence-electron chi connectivity index (χ1n) is 8.52. The first-order chi connectivity index (χ1) is 11.9. The number of pyridine rings is 1. The molecule has 0 aliphatic carbocycles. The maximum absolute atomic E-state index is 13.9. The van der Waals surface area contributed by atoms with E-state index in [4.69, 9.17) is 4.98 Å². The van der Waals surface area contributed by atoms with Crippen LogP contribution in [0.2, 0.25) is 0 Å². The summed E-state index contributed by atoms with van der Waals surface area (Å²) in [7, 11) is 0. The van der Waals surface area contributed by atoms with Crippen molar-refractivity contribution >= 4 is 21.7 Å².